The van der Waals surface area contributed by atoms with Gasteiger partial charge >= 0.3 is 11.9 Å². The Bertz CT molecular complexity index is 2160. The Kier molecular flexibility index (Phi) is 8.43. The normalized spacial score (nSPS) is 23.3. The monoisotopic (exact) mass is 714 g/mol. The molecule has 0 spiro atoms. The lowest BCUT2D eigenvalue weighted by atomic mass is 9.70. The van der Waals surface area contributed by atoms with Crippen molar-refractivity contribution in [1.82, 2.24) is 0 Å². The van der Waals surface area contributed by atoms with E-state index in [9.17, 15) is 60.0 Å². The maximum atomic E-state index is 13.3. The molecule has 0 aromatic heterocycles. The van der Waals surface area contributed by atoms with E-state index < -0.39 is 82.4 Å². The molecule has 270 valence electrons. The number of carboxylic acids is 2. The highest BCUT2D eigenvalue weighted by molar-refractivity contribution is 6.13. The number of benzene rings is 4. The average molecular weight is 715 g/mol. The molecule has 0 radical (unpaired) electrons. The summed E-state index contributed by atoms with van der Waals surface area (Å²) in [5, 5.41) is 87.5. The third-order valence-corrected chi connectivity index (χ3v) is 9.89. The van der Waals surface area contributed by atoms with Gasteiger partial charge in [0, 0.05) is 24.0 Å². The van der Waals surface area contributed by atoms with Gasteiger partial charge in [0.25, 0.3) is 0 Å². The topological polar surface area (TPSA) is 249 Å². The van der Waals surface area contributed by atoms with Gasteiger partial charge in [-0.05, 0) is 60.0 Å². The number of methoxy groups -OCH3 is 2. The van der Waals surface area contributed by atoms with E-state index in [2.05, 4.69) is 0 Å². The number of rotatable bonds is 7. The smallest absolute Gasteiger partial charge is 0.331 e. The Hall–Kier alpha value is -6.12. The molecule has 4 aromatic rings. The van der Waals surface area contributed by atoms with Crippen LogP contribution in [0.15, 0.2) is 60.1 Å². The van der Waals surface area contributed by atoms with Gasteiger partial charge in [-0.25, -0.2) is 9.59 Å². The van der Waals surface area contributed by atoms with Gasteiger partial charge in [-0.3, -0.25) is 9.59 Å². The Morgan fingerprint density at radius 3 is 1.31 bits per heavy atom. The molecule has 6 rings (SSSR count). The summed E-state index contributed by atoms with van der Waals surface area (Å²) >= 11 is 0. The number of hydrogen-bond donors (Lipinski definition) is 8. The molecule has 14 nitrogen and oxygen atoms in total. The van der Waals surface area contributed by atoms with Crippen LogP contribution in [-0.2, 0) is 19.1 Å². The first-order valence-corrected chi connectivity index (χ1v) is 15.9. The molecule has 4 unspecified atom stereocenters. The molecule has 0 saturated heterocycles. The SMILES string of the molecule is COC(=CC(=O)O)C1c2cc3ccc(-c4ccc5cc6c(c(O)c5c4O)C(=O)CC(C)(O)C6C(=CC(=O)O)OC)c(O)c3c(O)c2C(=O)CC1(C)O. The van der Waals surface area contributed by atoms with Crippen molar-refractivity contribution in [1.29, 1.82) is 0 Å². The number of carbonyl (C=O) groups excluding carboxylic acids is 2. The van der Waals surface area contributed by atoms with E-state index in [1.807, 2.05) is 0 Å². The number of aliphatic carboxylic acids is 2. The van der Waals surface area contributed by atoms with Crippen LogP contribution < -0.4 is 0 Å². The molecule has 4 aromatic carbocycles. The van der Waals surface area contributed by atoms with Gasteiger partial charge in [0.05, 0.1) is 71.3 Å². The standard InChI is InChI=1S/C38H34O14/c1-37(49)13-21(39)29-19(31(37)23(51-3)11-25(41)42)9-15-5-7-17(33(45)27(15)35(29)47)18-8-6-16-10-20-30(36(48)28(16)34(18)46)22(40)14-38(2,50)32(20)24(52-4)12-26(43)44/h5-12,31-32,45-50H,13-14H2,1-4H3,(H,41,42)(H,43,44). The number of aliphatic hydroxyl groups is 2. The zero-order valence-corrected chi connectivity index (χ0v) is 28.2. The largest absolute Gasteiger partial charge is 0.507 e. The number of ether oxygens (including phenoxy) is 2. The van der Waals surface area contributed by atoms with E-state index in [0.29, 0.717) is 0 Å². The zero-order valence-electron chi connectivity index (χ0n) is 28.2. The highest BCUT2D eigenvalue weighted by atomic mass is 16.5. The van der Waals surface area contributed by atoms with Gasteiger partial charge < -0.3 is 50.3 Å². The number of fused-ring (bicyclic) bond motifs is 4. The second-order valence-corrected chi connectivity index (χ2v) is 13.5. The van der Waals surface area contributed by atoms with Crippen LogP contribution in [0.5, 0.6) is 23.0 Å². The van der Waals surface area contributed by atoms with Gasteiger partial charge in [0.15, 0.2) is 11.6 Å². The van der Waals surface area contributed by atoms with Gasteiger partial charge in [-0.2, -0.15) is 0 Å². The van der Waals surface area contributed by atoms with Crippen LogP contribution in [0.25, 0.3) is 32.7 Å². The van der Waals surface area contributed by atoms with E-state index >= 15 is 0 Å². The van der Waals surface area contributed by atoms with Gasteiger partial charge in [0.1, 0.15) is 34.5 Å². The van der Waals surface area contributed by atoms with Crippen molar-refractivity contribution in [3.63, 3.8) is 0 Å². The van der Waals surface area contributed by atoms with Crippen LogP contribution in [-0.4, -0.2) is 89.8 Å². The number of carbonyl (C=O) groups is 4. The summed E-state index contributed by atoms with van der Waals surface area (Å²) in [5.74, 6) is -9.33. The van der Waals surface area contributed by atoms with Crippen molar-refractivity contribution in [3.05, 3.63) is 82.3 Å². The summed E-state index contributed by atoms with van der Waals surface area (Å²) in [4.78, 5) is 49.8. The summed E-state index contributed by atoms with van der Waals surface area (Å²) in [5.41, 5.74) is -4.13. The first kappa shape index (κ1) is 35.7. The molecular formula is C38H34O14. The van der Waals surface area contributed by atoms with Crippen LogP contribution in [0.1, 0.15) is 70.4 Å². The molecule has 0 amide bonds. The number of hydrogen-bond acceptors (Lipinski definition) is 12. The van der Waals surface area contributed by atoms with E-state index in [-0.39, 0.29) is 66.4 Å². The second-order valence-electron chi connectivity index (χ2n) is 13.5. The molecule has 0 aliphatic heterocycles. The van der Waals surface area contributed by atoms with Crippen LogP contribution in [0.3, 0.4) is 0 Å². The van der Waals surface area contributed by atoms with E-state index in [0.717, 1.165) is 12.2 Å². The molecule has 8 N–H and O–H groups in total. The predicted octanol–water partition coefficient (Wildman–Crippen LogP) is 4.55. The lowest BCUT2D eigenvalue weighted by Crippen LogP contribution is -2.41. The Morgan fingerprint density at radius 2 is 1.00 bits per heavy atom. The third kappa shape index (κ3) is 5.43. The summed E-state index contributed by atoms with van der Waals surface area (Å²) in [6.45, 7) is 2.67. The van der Waals surface area contributed by atoms with Gasteiger partial charge in [-0.15, -0.1) is 0 Å². The molecule has 4 atom stereocenters. The summed E-state index contributed by atoms with van der Waals surface area (Å²) < 4.78 is 10.6. The minimum absolute atomic E-state index is 0.0485. The van der Waals surface area contributed by atoms with Gasteiger partial charge in [-0.1, -0.05) is 12.1 Å². The second kappa shape index (κ2) is 12.3. The summed E-state index contributed by atoms with van der Waals surface area (Å²) in [7, 11) is 2.41. The minimum Gasteiger partial charge on any atom is -0.507 e. The highest BCUT2D eigenvalue weighted by Gasteiger charge is 2.48. The van der Waals surface area contributed by atoms with Crippen molar-refractivity contribution in [2.75, 3.05) is 14.2 Å². The first-order valence-electron chi connectivity index (χ1n) is 15.9. The number of ketones is 2. The number of carboxylic acid groups (broad SMARTS) is 2. The molecule has 52 heavy (non-hydrogen) atoms. The van der Waals surface area contributed by atoms with E-state index in [1.165, 1.54) is 64.5 Å². The minimum atomic E-state index is -1.81. The molecule has 2 aliphatic rings. The predicted molar refractivity (Wildman–Crippen MR) is 184 cm³/mol. The number of phenolic OH excluding ortho intramolecular Hbond substituents is 4. The molecule has 2 aliphatic carbocycles. The van der Waals surface area contributed by atoms with Crippen LogP contribution in [0.4, 0.5) is 0 Å². The Morgan fingerprint density at radius 1 is 0.654 bits per heavy atom. The first-order chi connectivity index (χ1) is 24.3. The van der Waals surface area contributed by atoms with Crippen LogP contribution in [0.2, 0.25) is 0 Å². The Labute approximate surface area is 294 Å². The van der Waals surface area contributed by atoms with Crippen molar-refractivity contribution >= 4 is 45.0 Å². The van der Waals surface area contributed by atoms with Crippen molar-refractivity contribution < 1.29 is 69.5 Å². The fraction of sp³-hybridized carbons (Fsp3) is 0.263. The van der Waals surface area contributed by atoms with E-state index in [4.69, 9.17) is 9.47 Å². The van der Waals surface area contributed by atoms with Crippen molar-refractivity contribution in [2.45, 2.75) is 49.7 Å². The van der Waals surface area contributed by atoms with Gasteiger partial charge in [0.2, 0.25) is 0 Å². The molecular weight excluding hydrogens is 680 g/mol. The summed E-state index contributed by atoms with van der Waals surface area (Å²) in [6, 6.07) is 8.53. The van der Waals surface area contributed by atoms with Crippen LogP contribution >= 0.6 is 0 Å². The molecule has 0 saturated carbocycles. The zero-order chi connectivity index (χ0) is 38.2. The average Bonchev–Trinajstić information content (AvgIpc) is 3.02. The molecule has 0 fully saturated rings. The highest BCUT2D eigenvalue weighted by Crippen LogP contribution is 2.54. The molecule has 0 heterocycles. The summed E-state index contributed by atoms with van der Waals surface area (Å²) in [6.07, 6.45) is 0.447. The van der Waals surface area contributed by atoms with Crippen LogP contribution in [0, 0.1) is 0 Å². The fourth-order valence-corrected chi connectivity index (χ4v) is 7.81. The molecule has 14 heteroatoms. The quantitative estimate of drug-likeness (QED) is 0.0966. The number of aromatic hydroxyl groups is 4. The lowest BCUT2D eigenvalue weighted by Gasteiger charge is -2.39. The van der Waals surface area contributed by atoms with E-state index in [1.54, 1.807) is 0 Å². The molecule has 0 bridgehead atoms. The fourth-order valence-electron chi connectivity index (χ4n) is 7.81. The number of Topliss-reactive ketones (excluding diaryl/α,β-unsaturated/α-hetero) is 2. The Balaban J connectivity index is 1.57. The maximum absolute atomic E-state index is 13.3. The van der Waals surface area contributed by atoms with Crippen molar-refractivity contribution in [2.24, 2.45) is 0 Å². The van der Waals surface area contributed by atoms with Crippen molar-refractivity contribution in [3.8, 4) is 34.1 Å². The maximum Gasteiger partial charge on any atom is 0.331 e. The lowest BCUT2D eigenvalue weighted by molar-refractivity contribution is -0.132. The number of phenols is 4. The third-order valence-electron chi connectivity index (χ3n) is 9.89.